The molecule has 0 fully saturated rings. The number of hydrogen-bond donors (Lipinski definition) is 0. The third-order valence-electron chi connectivity index (χ3n) is 2.54. The molecule has 0 aliphatic heterocycles. The SMILES string of the molecule is CC(C)CCOc1cc(Cl)cc(CC(C)C)c1. The number of hydrogen-bond acceptors (Lipinski definition) is 1. The van der Waals surface area contributed by atoms with Crippen LogP contribution in [0.5, 0.6) is 5.75 Å². The van der Waals surface area contributed by atoms with E-state index < -0.39 is 0 Å². The van der Waals surface area contributed by atoms with Crippen molar-refractivity contribution in [2.45, 2.75) is 40.5 Å². The van der Waals surface area contributed by atoms with Gasteiger partial charge in [0.1, 0.15) is 5.75 Å². The second kappa shape index (κ2) is 6.90. The van der Waals surface area contributed by atoms with Gasteiger partial charge in [-0.2, -0.15) is 0 Å². The van der Waals surface area contributed by atoms with Crippen molar-refractivity contribution in [2.24, 2.45) is 11.8 Å². The molecule has 1 rings (SSSR count). The number of benzene rings is 1. The maximum Gasteiger partial charge on any atom is 0.121 e. The van der Waals surface area contributed by atoms with Gasteiger partial charge in [-0.1, -0.05) is 39.3 Å². The van der Waals surface area contributed by atoms with Gasteiger partial charge in [0, 0.05) is 5.02 Å². The van der Waals surface area contributed by atoms with Crippen LogP contribution < -0.4 is 4.74 Å². The first-order valence-corrected chi connectivity index (χ1v) is 6.77. The Kier molecular flexibility index (Phi) is 5.84. The van der Waals surface area contributed by atoms with Gasteiger partial charge >= 0.3 is 0 Å². The Morgan fingerprint density at radius 3 is 2.35 bits per heavy atom. The van der Waals surface area contributed by atoms with Crippen molar-refractivity contribution in [1.29, 1.82) is 0 Å². The van der Waals surface area contributed by atoms with Crippen molar-refractivity contribution in [2.75, 3.05) is 6.61 Å². The van der Waals surface area contributed by atoms with Crippen molar-refractivity contribution < 1.29 is 4.74 Å². The summed E-state index contributed by atoms with van der Waals surface area (Å²) in [6, 6.07) is 6.02. The third-order valence-corrected chi connectivity index (χ3v) is 2.76. The molecule has 96 valence electrons. The molecule has 0 radical (unpaired) electrons. The van der Waals surface area contributed by atoms with Gasteiger partial charge < -0.3 is 4.74 Å². The highest BCUT2D eigenvalue weighted by Gasteiger charge is 2.04. The normalized spacial score (nSPS) is 11.2. The summed E-state index contributed by atoms with van der Waals surface area (Å²) in [5, 5.41) is 0.766. The Labute approximate surface area is 110 Å². The highest BCUT2D eigenvalue weighted by Crippen LogP contribution is 2.23. The number of rotatable bonds is 6. The Morgan fingerprint density at radius 1 is 1.06 bits per heavy atom. The lowest BCUT2D eigenvalue weighted by Crippen LogP contribution is -2.02. The van der Waals surface area contributed by atoms with Crippen LogP contribution in [-0.2, 0) is 6.42 Å². The summed E-state index contributed by atoms with van der Waals surface area (Å²) < 4.78 is 5.74. The van der Waals surface area contributed by atoms with Gasteiger partial charge in [0.15, 0.2) is 0 Å². The molecule has 0 aliphatic carbocycles. The van der Waals surface area contributed by atoms with E-state index in [0.717, 1.165) is 30.2 Å². The van der Waals surface area contributed by atoms with E-state index in [1.54, 1.807) is 0 Å². The fourth-order valence-corrected chi connectivity index (χ4v) is 1.95. The third kappa shape index (κ3) is 5.97. The van der Waals surface area contributed by atoms with Crippen LogP contribution in [0.25, 0.3) is 0 Å². The van der Waals surface area contributed by atoms with Crippen molar-refractivity contribution in [3.05, 3.63) is 28.8 Å². The van der Waals surface area contributed by atoms with E-state index in [9.17, 15) is 0 Å². The van der Waals surface area contributed by atoms with Crippen molar-refractivity contribution in [1.82, 2.24) is 0 Å². The zero-order chi connectivity index (χ0) is 12.8. The monoisotopic (exact) mass is 254 g/mol. The van der Waals surface area contributed by atoms with E-state index in [2.05, 4.69) is 33.8 Å². The minimum absolute atomic E-state index is 0.636. The molecule has 1 nitrogen and oxygen atoms in total. The molecule has 0 atom stereocenters. The molecule has 0 aliphatic rings. The molecule has 0 unspecified atom stereocenters. The van der Waals surface area contributed by atoms with E-state index in [4.69, 9.17) is 16.3 Å². The molecule has 17 heavy (non-hydrogen) atoms. The maximum atomic E-state index is 6.09. The molecule has 0 heterocycles. The number of ether oxygens (including phenoxy) is 1. The molecule has 1 aromatic rings. The molecule has 0 aromatic heterocycles. The van der Waals surface area contributed by atoms with Crippen molar-refractivity contribution in [3.63, 3.8) is 0 Å². The second-order valence-corrected chi connectivity index (χ2v) is 5.86. The van der Waals surface area contributed by atoms with Gasteiger partial charge in [-0.05, 0) is 48.4 Å². The van der Waals surface area contributed by atoms with E-state index in [-0.39, 0.29) is 0 Å². The molecule has 2 heteroatoms. The summed E-state index contributed by atoms with van der Waals surface area (Å²) in [7, 11) is 0. The molecule has 0 saturated carbocycles. The zero-order valence-electron chi connectivity index (χ0n) is 11.3. The molecular weight excluding hydrogens is 232 g/mol. The molecule has 0 spiro atoms. The molecular formula is C15H23ClO. The quantitative estimate of drug-likeness (QED) is 0.697. The van der Waals surface area contributed by atoms with Gasteiger partial charge in [-0.3, -0.25) is 0 Å². The Bertz CT molecular complexity index is 345. The fraction of sp³-hybridized carbons (Fsp3) is 0.600. The topological polar surface area (TPSA) is 9.23 Å². The van der Waals surface area contributed by atoms with E-state index in [1.807, 2.05) is 12.1 Å². The molecule has 0 N–H and O–H groups in total. The highest BCUT2D eigenvalue weighted by atomic mass is 35.5. The fourth-order valence-electron chi connectivity index (χ4n) is 1.71. The van der Waals surface area contributed by atoms with Crippen LogP contribution in [0.1, 0.15) is 39.7 Å². The minimum Gasteiger partial charge on any atom is -0.494 e. The van der Waals surface area contributed by atoms with Gasteiger partial charge in [-0.15, -0.1) is 0 Å². The summed E-state index contributed by atoms with van der Waals surface area (Å²) >= 11 is 6.09. The molecule has 0 amide bonds. The maximum absolute atomic E-state index is 6.09. The lowest BCUT2D eigenvalue weighted by molar-refractivity contribution is 0.289. The minimum atomic E-state index is 0.636. The van der Waals surface area contributed by atoms with Crippen LogP contribution in [0.2, 0.25) is 5.02 Å². The van der Waals surface area contributed by atoms with Crippen molar-refractivity contribution >= 4 is 11.6 Å². The molecule has 0 bridgehead atoms. The lowest BCUT2D eigenvalue weighted by Gasteiger charge is -2.11. The first-order chi connectivity index (χ1) is 7.97. The number of halogens is 1. The second-order valence-electron chi connectivity index (χ2n) is 5.42. The van der Waals surface area contributed by atoms with E-state index in [0.29, 0.717) is 11.8 Å². The average Bonchev–Trinajstić information content (AvgIpc) is 2.14. The van der Waals surface area contributed by atoms with Gasteiger partial charge in [-0.25, -0.2) is 0 Å². The summed E-state index contributed by atoms with van der Waals surface area (Å²) in [6.07, 6.45) is 2.12. The van der Waals surface area contributed by atoms with Crippen molar-refractivity contribution in [3.8, 4) is 5.75 Å². The van der Waals surface area contributed by atoms with E-state index in [1.165, 1.54) is 5.56 Å². The predicted octanol–water partition coefficient (Wildman–Crippen LogP) is 4.96. The van der Waals surface area contributed by atoms with Crippen LogP contribution in [0, 0.1) is 11.8 Å². The largest absolute Gasteiger partial charge is 0.494 e. The molecule has 1 aromatic carbocycles. The van der Waals surface area contributed by atoms with E-state index >= 15 is 0 Å². The standard InChI is InChI=1S/C15H23ClO/c1-11(2)5-6-17-15-9-13(7-12(3)4)8-14(16)10-15/h8-12H,5-7H2,1-4H3. The highest BCUT2D eigenvalue weighted by molar-refractivity contribution is 6.30. The van der Waals surface area contributed by atoms with Crippen LogP contribution >= 0.6 is 11.6 Å². The molecule has 0 saturated heterocycles. The van der Waals surface area contributed by atoms with Gasteiger partial charge in [0.25, 0.3) is 0 Å². The lowest BCUT2D eigenvalue weighted by atomic mass is 10.0. The summed E-state index contributed by atoms with van der Waals surface area (Å²) in [5.41, 5.74) is 1.26. The average molecular weight is 255 g/mol. The van der Waals surface area contributed by atoms with Crippen LogP contribution in [-0.4, -0.2) is 6.61 Å². The summed E-state index contributed by atoms with van der Waals surface area (Å²) in [6.45, 7) is 9.58. The first-order valence-electron chi connectivity index (χ1n) is 6.39. The van der Waals surface area contributed by atoms with Crippen LogP contribution in [0.15, 0.2) is 18.2 Å². The smallest absolute Gasteiger partial charge is 0.121 e. The van der Waals surface area contributed by atoms with Gasteiger partial charge in [0.2, 0.25) is 0 Å². The van der Waals surface area contributed by atoms with Crippen LogP contribution in [0.4, 0.5) is 0 Å². The van der Waals surface area contributed by atoms with Gasteiger partial charge in [0.05, 0.1) is 6.61 Å². The zero-order valence-corrected chi connectivity index (χ0v) is 12.1. The Hall–Kier alpha value is -0.690. The Morgan fingerprint density at radius 2 is 1.76 bits per heavy atom. The Balaban J connectivity index is 2.62. The van der Waals surface area contributed by atoms with Crippen LogP contribution in [0.3, 0.4) is 0 Å². The predicted molar refractivity (Wildman–Crippen MR) is 74.9 cm³/mol. The summed E-state index contributed by atoms with van der Waals surface area (Å²) in [5.74, 6) is 2.20. The first kappa shape index (κ1) is 14.4. The summed E-state index contributed by atoms with van der Waals surface area (Å²) in [4.78, 5) is 0.